The second kappa shape index (κ2) is 7.09. The highest BCUT2D eigenvalue weighted by Crippen LogP contribution is 2.26. The third-order valence-corrected chi connectivity index (χ3v) is 3.94. The van der Waals surface area contributed by atoms with Crippen LogP contribution in [0.3, 0.4) is 0 Å². The van der Waals surface area contributed by atoms with Crippen molar-refractivity contribution in [2.75, 3.05) is 26.2 Å². The summed E-state index contributed by atoms with van der Waals surface area (Å²) < 4.78 is 0. The Balaban J connectivity index is 0.00000200. The molecule has 0 bridgehead atoms. The Kier molecular flexibility index (Phi) is 6.03. The van der Waals surface area contributed by atoms with E-state index in [-0.39, 0.29) is 18.3 Å². The lowest BCUT2D eigenvalue weighted by molar-refractivity contribution is -0.136. The molecule has 1 N–H and O–H groups in total. The lowest BCUT2D eigenvalue weighted by atomic mass is 9.82. The van der Waals surface area contributed by atoms with Gasteiger partial charge in [0.2, 0.25) is 5.91 Å². The van der Waals surface area contributed by atoms with Crippen molar-refractivity contribution in [3.05, 3.63) is 35.4 Å². The number of aryl methyl sites for hydroxylation is 1. The van der Waals surface area contributed by atoms with Crippen molar-refractivity contribution in [3.63, 3.8) is 0 Å². The second-order valence-corrected chi connectivity index (χ2v) is 5.89. The minimum atomic E-state index is -0.446. The molecule has 3 nitrogen and oxygen atoms in total. The predicted octanol–water partition coefficient (Wildman–Crippen LogP) is 2.52. The van der Waals surface area contributed by atoms with Crippen LogP contribution in [0.5, 0.6) is 0 Å². The quantitative estimate of drug-likeness (QED) is 0.909. The average Bonchev–Trinajstić information content (AvgIpc) is 2.67. The maximum Gasteiger partial charge on any atom is 0.232 e. The Morgan fingerprint density at radius 2 is 1.80 bits per heavy atom. The van der Waals surface area contributed by atoms with Gasteiger partial charge in [-0.05, 0) is 39.3 Å². The van der Waals surface area contributed by atoms with Gasteiger partial charge in [0, 0.05) is 19.6 Å². The normalized spacial score (nSPS) is 16.2. The largest absolute Gasteiger partial charge is 0.341 e. The second-order valence-electron chi connectivity index (χ2n) is 5.89. The monoisotopic (exact) mass is 296 g/mol. The van der Waals surface area contributed by atoms with Crippen LogP contribution in [0.4, 0.5) is 0 Å². The van der Waals surface area contributed by atoms with Crippen LogP contribution in [-0.4, -0.2) is 37.0 Å². The summed E-state index contributed by atoms with van der Waals surface area (Å²) in [5.41, 5.74) is 1.88. The van der Waals surface area contributed by atoms with E-state index in [1.165, 1.54) is 5.56 Å². The fourth-order valence-electron chi connectivity index (χ4n) is 2.54. The Hall–Kier alpha value is -1.06. The molecule has 1 aromatic rings. The zero-order valence-corrected chi connectivity index (χ0v) is 13.4. The first kappa shape index (κ1) is 17.0. The number of nitrogens with one attached hydrogen (secondary N) is 1. The molecular formula is C16H25ClN2O. The van der Waals surface area contributed by atoms with Gasteiger partial charge in [-0.2, -0.15) is 0 Å². The molecule has 2 rings (SSSR count). The molecule has 0 saturated carbocycles. The van der Waals surface area contributed by atoms with Crippen LogP contribution in [-0.2, 0) is 10.2 Å². The molecule has 0 radical (unpaired) electrons. The lowest BCUT2D eigenvalue weighted by Gasteiger charge is -2.31. The van der Waals surface area contributed by atoms with Crippen molar-refractivity contribution in [2.45, 2.75) is 32.6 Å². The van der Waals surface area contributed by atoms with Gasteiger partial charge in [0.25, 0.3) is 0 Å². The molecule has 1 amide bonds. The fourth-order valence-corrected chi connectivity index (χ4v) is 2.54. The molecule has 20 heavy (non-hydrogen) atoms. The van der Waals surface area contributed by atoms with E-state index in [4.69, 9.17) is 0 Å². The summed E-state index contributed by atoms with van der Waals surface area (Å²) in [6.07, 6.45) is 1.04. The maximum absolute atomic E-state index is 12.8. The topological polar surface area (TPSA) is 32.3 Å². The van der Waals surface area contributed by atoms with E-state index in [0.29, 0.717) is 0 Å². The van der Waals surface area contributed by atoms with Crippen LogP contribution in [0.25, 0.3) is 0 Å². The molecule has 0 unspecified atom stereocenters. The minimum absolute atomic E-state index is 0. The molecule has 0 atom stereocenters. The number of carbonyl (C=O) groups is 1. The number of hydrogen-bond donors (Lipinski definition) is 1. The van der Waals surface area contributed by atoms with Crippen molar-refractivity contribution in [1.82, 2.24) is 10.2 Å². The predicted molar refractivity (Wildman–Crippen MR) is 85.5 cm³/mol. The van der Waals surface area contributed by atoms with Gasteiger partial charge in [0.1, 0.15) is 0 Å². The Labute approximate surface area is 128 Å². The zero-order valence-electron chi connectivity index (χ0n) is 12.6. The molecule has 112 valence electrons. The van der Waals surface area contributed by atoms with Crippen molar-refractivity contribution in [1.29, 1.82) is 0 Å². The van der Waals surface area contributed by atoms with Crippen molar-refractivity contribution in [2.24, 2.45) is 0 Å². The molecular weight excluding hydrogens is 272 g/mol. The summed E-state index contributed by atoms with van der Waals surface area (Å²) in [6.45, 7) is 9.70. The van der Waals surface area contributed by atoms with Crippen LogP contribution in [0.1, 0.15) is 31.4 Å². The first-order valence-corrected chi connectivity index (χ1v) is 7.09. The molecule has 1 aliphatic heterocycles. The summed E-state index contributed by atoms with van der Waals surface area (Å²) in [5, 5.41) is 3.34. The van der Waals surface area contributed by atoms with Gasteiger partial charge in [-0.25, -0.2) is 0 Å². The molecule has 0 aliphatic carbocycles. The third-order valence-electron chi connectivity index (χ3n) is 3.94. The van der Waals surface area contributed by atoms with Gasteiger partial charge in [-0.3, -0.25) is 4.79 Å². The van der Waals surface area contributed by atoms with E-state index in [1.807, 2.05) is 18.7 Å². The highest BCUT2D eigenvalue weighted by atomic mass is 35.5. The Morgan fingerprint density at radius 1 is 1.15 bits per heavy atom. The fraction of sp³-hybridized carbons (Fsp3) is 0.562. The van der Waals surface area contributed by atoms with Gasteiger partial charge < -0.3 is 10.2 Å². The van der Waals surface area contributed by atoms with E-state index >= 15 is 0 Å². The van der Waals surface area contributed by atoms with Crippen LogP contribution < -0.4 is 5.32 Å². The van der Waals surface area contributed by atoms with Crippen molar-refractivity contribution >= 4 is 18.3 Å². The van der Waals surface area contributed by atoms with Gasteiger partial charge in [0.05, 0.1) is 5.41 Å². The third kappa shape index (κ3) is 3.74. The number of amides is 1. The molecule has 1 fully saturated rings. The Morgan fingerprint density at radius 3 is 2.45 bits per heavy atom. The molecule has 4 heteroatoms. The molecule has 1 saturated heterocycles. The van der Waals surface area contributed by atoms with Crippen molar-refractivity contribution in [3.8, 4) is 0 Å². The molecule has 1 heterocycles. The number of halogens is 1. The standard InChI is InChI=1S/C16H24N2O.ClH/c1-13-5-7-14(8-6-13)16(2,3)15(19)18-11-4-9-17-10-12-18;/h5-8,17H,4,9-12H2,1-3H3;1H. The molecule has 1 aliphatic rings. The molecule has 1 aromatic carbocycles. The number of rotatable bonds is 2. The zero-order chi connectivity index (χ0) is 13.9. The number of carbonyl (C=O) groups excluding carboxylic acids is 1. The minimum Gasteiger partial charge on any atom is -0.341 e. The van der Waals surface area contributed by atoms with Crippen molar-refractivity contribution < 1.29 is 4.79 Å². The number of hydrogen-bond acceptors (Lipinski definition) is 2. The first-order valence-electron chi connectivity index (χ1n) is 7.09. The van der Waals surface area contributed by atoms with Crippen LogP contribution in [0, 0.1) is 6.92 Å². The van der Waals surface area contributed by atoms with E-state index in [9.17, 15) is 4.79 Å². The van der Waals surface area contributed by atoms with E-state index in [2.05, 4.69) is 36.5 Å². The van der Waals surface area contributed by atoms with Crippen LogP contribution >= 0.6 is 12.4 Å². The van der Waals surface area contributed by atoms with E-state index in [1.54, 1.807) is 0 Å². The average molecular weight is 297 g/mol. The smallest absolute Gasteiger partial charge is 0.232 e. The van der Waals surface area contributed by atoms with Gasteiger partial charge in [-0.15, -0.1) is 12.4 Å². The van der Waals surface area contributed by atoms with E-state index < -0.39 is 5.41 Å². The highest BCUT2D eigenvalue weighted by molar-refractivity contribution is 5.87. The lowest BCUT2D eigenvalue weighted by Crippen LogP contribution is -2.44. The van der Waals surface area contributed by atoms with E-state index in [0.717, 1.165) is 38.2 Å². The molecule has 0 spiro atoms. The summed E-state index contributed by atoms with van der Waals surface area (Å²) in [7, 11) is 0. The molecule has 0 aromatic heterocycles. The van der Waals surface area contributed by atoms with Gasteiger partial charge in [-0.1, -0.05) is 29.8 Å². The van der Waals surface area contributed by atoms with Crippen LogP contribution in [0.15, 0.2) is 24.3 Å². The number of nitrogens with zero attached hydrogens (tertiary/aromatic N) is 1. The van der Waals surface area contributed by atoms with Crippen LogP contribution in [0.2, 0.25) is 0 Å². The van der Waals surface area contributed by atoms with Gasteiger partial charge >= 0.3 is 0 Å². The highest BCUT2D eigenvalue weighted by Gasteiger charge is 2.33. The van der Waals surface area contributed by atoms with Gasteiger partial charge in [0.15, 0.2) is 0 Å². The summed E-state index contributed by atoms with van der Waals surface area (Å²) in [5.74, 6) is 0.236. The summed E-state index contributed by atoms with van der Waals surface area (Å²) in [6, 6.07) is 8.30. The number of benzene rings is 1. The summed E-state index contributed by atoms with van der Waals surface area (Å²) >= 11 is 0. The first-order chi connectivity index (χ1) is 9.01. The summed E-state index contributed by atoms with van der Waals surface area (Å²) in [4.78, 5) is 14.8. The maximum atomic E-state index is 12.8. The Bertz CT molecular complexity index is 434. The SMILES string of the molecule is Cc1ccc(C(C)(C)C(=O)N2CCCNCC2)cc1.Cl.